The van der Waals surface area contributed by atoms with E-state index in [-0.39, 0.29) is 12.1 Å². The number of rotatable bonds is 4. The monoisotopic (exact) mass is 341 g/mol. The van der Waals surface area contributed by atoms with E-state index in [1.54, 1.807) is 6.20 Å². The number of hydrogen-bond donors (Lipinski definition) is 2. The van der Waals surface area contributed by atoms with E-state index in [2.05, 4.69) is 25.5 Å². The number of nitrogens with zero attached hydrogens (tertiary/aromatic N) is 3. The summed E-state index contributed by atoms with van der Waals surface area (Å²) in [7, 11) is 0. The number of aryl methyl sites for hydroxylation is 1. The van der Waals surface area contributed by atoms with Gasteiger partial charge in [-0.25, -0.2) is 9.78 Å². The second-order valence-electron chi connectivity index (χ2n) is 5.98. The molecule has 0 bridgehead atoms. The molecule has 1 atom stereocenters. The Labute approximate surface area is 147 Å². The maximum Gasteiger partial charge on any atom is 0.319 e. The third-order valence-corrected chi connectivity index (χ3v) is 4.13. The number of carbonyl (C=O) groups is 1. The van der Waals surface area contributed by atoms with Crippen molar-refractivity contribution in [3.63, 3.8) is 0 Å². The summed E-state index contributed by atoms with van der Waals surface area (Å²) in [5.41, 5.74) is 2.29. The Morgan fingerprint density at radius 3 is 2.72 bits per heavy atom. The lowest BCUT2D eigenvalue weighted by atomic mass is 10.2. The first-order valence-corrected chi connectivity index (χ1v) is 8.42. The van der Waals surface area contributed by atoms with Crippen molar-refractivity contribution >= 4 is 17.5 Å². The van der Waals surface area contributed by atoms with Crippen molar-refractivity contribution < 1.29 is 9.53 Å². The smallest absolute Gasteiger partial charge is 0.319 e. The van der Waals surface area contributed by atoms with Gasteiger partial charge in [-0.1, -0.05) is 6.07 Å². The van der Waals surface area contributed by atoms with Crippen LogP contribution in [-0.2, 0) is 4.74 Å². The number of aromatic nitrogens is 2. The van der Waals surface area contributed by atoms with Gasteiger partial charge in [0.1, 0.15) is 5.82 Å². The summed E-state index contributed by atoms with van der Waals surface area (Å²) in [6, 6.07) is 8.99. The molecule has 3 rings (SSSR count). The molecule has 0 radical (unpaired) electrons. The molecule has 2 N–H and O–H groups in total. The lowest BCUT2D eigenvalue weighted by molar-refractivity contribution is 0.122. The Balaban J connectivity index is 1.61. The quantitative estimate of drug-likeness (QED) is 0.893. The minimum atomic E-state index is -0.276. The van der Waals surface area contributed by atoms with Crippen molar-refractivity contribution in [2.45, 2.75) is 19.9 Å². The minimum Gasteiger partial charge on any atom is -0.378 e. The average Bonchev–Trinajstić information content (AvgIpc) is 2.65. The highest BCUT2D eigenvalue weighted by Crippen LogP contribution is 2.19. The van der Waals surface area contributed by atoms with E-state index in [9.17, 15) is 4.79 Å². The fraction of sp³-hybridized carbons (Fsp3) is 0.389. The summed E-state index contributed by atoms with van der Waals surface area (Å²) < 4.78 is 5.36. The first kappa shape index (κ1) is 17.2. The zero-order valence-corrected chi connectivity index (χ0v) is 14.5. The maximum atomic E-state index is 12.2. The number of morpholine rings is 1. The van der Waals surface area contributed by atoms with Gasteiger partial charge in [-0.3, -0.25) is 4.98 Å². The van der Waals surface area contributed by atoms with Crippen LogP contribution in [0.3, 0.4) is 0 Å². The van der Waals surface area contributed by atoms with Crippen molar-refractivity contribution in [3.05, 3.63) is 47.9 Å². The van der Waals surface area contributed by atoms with E-state index in [1.807, 2.05) is 44.2 Å². The highest BCUT2D eigenvalue weighted by atomic mass is 16.5. The van der Waals surface area contributed by atoms with Crippen LogP contribution in [0.25, 0.3) is 0 Å². The zero-order chi connectivity index (χ0) is 17.6. The third-order valence-electron chi connectivity index (χ3n) is 4.13. The number of amides is 2. The molecule has 2 aromatic rings. The summed E-state index contributed by atoms with van der Waals surface area (Å²) >= 11 is 0. The Morgan fingerprint density at radius 2 is 2.04 bits per heavy atom. The maximum absolute atomic E-state index is 12.2. The molecular formula is C18H23N5O2. The van der Waals surface area contributed by atoms with Gasteiger partial charge < -0.3 is 20.3 Å². The van der Waals surface area contributed by atoms with Gasteiger partial charge >= 0.3 is 6.03 Å². The third kappa shape index (κ3) is 4.45. The average molecular weight is 341 g/mol. The summed E-state index contributed by atoms with van der Waals surface area (Å²) in [5.74, 6) is 0.911. The largest absolute Gasteiger partial charge is 0.378 e. The first-order chi connectivity index (χ1) is 12.1. The Morgan fingerprint density at radius 1 is 1.24 bits per heavy atom. The van der Waals surface area contributed by atoms with Crippen LogP contribution in [0, 0.1) is 6.92 Å². The molecule has 1 aliphatic heterocycles. The van der Waals surface area contributed by atoms with Crippen molar-refractivity contribution in [2.24, 2.45) is 0 Å². The molecule has 0 spiro atoms. The number of nitrogens with one attached hydrogen (secondary N) is 2. The molecule has 7 heteroatoms. The molecule has 2 amide bonds. The van der Waals surface area contributed by atoms with E-state index < -0.39 is 0 Å². The van der Waals surface area contributed by atoms with Crippen LogP contribution in [-0.4, -0.2) is 42.3 Å². The minimum absolute atomic E-state index is 0.179. The van der Waals surface area contributed by atoms with Gasteiger partial charge in [0, 0.05) is 19.3 Å². The van der Waals surface area contributed by atoms with Crippen molar-refractivity contribution in [2.75, 3.05) is 36.5 Å². The summed E-state index contributed by atoms with van der Waals surface area (Å²) in [4.78, 5) is 23.3. The molecule has 0 aromatic carbocycles. The van der Waals surface area contributed by atoms with Crippen LogP contribution in [0.15, 0.2) is 36.5 Å². The molecule has 132 valence electrons. The predicted octanol–water partition coefficient (Wildman–Crippen LogP) is 2.50. The van der Waals surface area contributed by atoms with Gasteiger partial charge in [-0.2, -0.15) is 0 Å². The molecule has 2 aromatic heterocycles. The second kappa shape index (κ2) is 7.94. The Kier molecular flexibility index (Phi) is 5.45. The zero-order valence-electron chi connectivity index (χ0n) is 14.5. The van der Waals surface area contributed by atoms with Gasteiger partial charge in [0.15, 0.2) is 0 Å². The van der Waals surface area contributed by atoms with Crippen LogP contribution >= 0.6 is 0 Å². The predicted molar refractivity (Wildman–Crippen MR) is 96.8 cm³/mol. The highest BCUT2D eigenvalue weighted by molar-refractivity contribution is 5.90. The molecular weight excluding hydrogens is 318 g/mol. The van der Waals surface area contributed by atoms with E-state index >= 15 is 0 Å². The molecule has 25 heavy (non-hydrogen) atoms. The Bertz CT molecular complexity index is 717. The molecule has 1 fully saturated rings. The molecule has 1 unspecified atom stereocenters. The summed E-state index contributed by atoms with van der Waals surface area (Å²) in [5, 5.41) is 5.74. The molecule has 1 saturated heterocycles. The number of carbonyl (C=O) groups excluding carboxylic acids is 1. The summed E-state index contributed by atoms with van der Waals surface area (Å²) in [6.07, 6.45) is 1.71. The fourth-order valence-electron chi connectivity index (χ4n) is 2.71. The van der Waals surface area contributed by atoms with Gasteiger partial charge in [-0.15, -0.1) is 0 Å². The van der Waals surface area contributed by atoms with E-state index in [4.69, 9.17) is 4.74 Å². The van der Waals surface area contributed by atoms with Crippen LogP contribution in [0.4, 0.5) is 16.3 Å². The molecule has 3 heterocycles. The van der Waals surface area contributed by atoms with Crippen LogP contribution < -0.4 is 15.5 Å². The van der Waals surface area contributed by atoms with E-state index in [0.29, 0.717) is 18.9 Å². The normalized spacial score (nSPS) is 15.5. The topological polar surface area (TPSA) is 79.4 Å². The standard InChI is InChI=1S/C18H23N5O2/c1-13(15-5-3-4-8-19-15)21-18(24)22-16-6-7-17(20-14(16)2)23-9-11-25-12-10-23/h3-8,13H,9-12H2,1-2H3,(H2,21,22,24). The highest BCUT2D eigenvalue weighted by Gasteiger charge is 2.15. The SMILES string of the molecule is Cc1nc(N2CCOCC2)ccc1NC(=O)NC(C)c1ccccn1. The van der Waals surface area contributed by atoms with E-state index in [1.165, 1.54) is 0 Å². The van der Waals surface area contributed by atoms with Crippen LogP contribution in [0.2, 0.25) is 0 Å². The second-order valence-corrected chi connectivity index (χ2v) is 5.98. The van der Waals surface area contributed by atoms with E-state index in [0.717, 1.165) is 30.3 Å². The number of hydrogen-bond acceptors (Lipinski definition) is 5. The lowest BCUT2D eigenvalue weighted by Gasteiger charge is -2.28. The van der Waals surface area contributed by atoms with Crippen LogP contribution in [0.5, 0.6) is 0 Å². The molecule has 0 aliphatic carbocycles. The van der Waals surface area contributed by atoms with Gasteiger partial charge in [0.25, 0.3) is 0 Å². The van der Waals surface area contributed by atoms with Crippen molar-refractivity contribution in [1.82, 2.24) is 15.3 Å². The Hall–Kier alpha value is -2.67. The van der Waals surface area contributed by atoms with Gasteiger partial charge in [0.2, 0.25) is 0 Å². The lowest BCUT2D eigenvalue weighted by Crippen LogP contribution is -2.37. The molecule has 1 aliphatic rings. The van der Waals surface area contributed by atoms with Crippen LogP contribution in [0.1, 0.15) is 24.4 Å². The van der Waals surface area contributed by atoms with Crippen molar-refractivity contribution in [3.8, 4) is 0 Å². The number of pyridine rings is 2. The number of urea groups is 1. The number of ether oxygens (including phenoxy) is 1. The summed E-state index contributed by atoms with van der Waals surface area (Å²) in [6.45, 7) is 6.89. The molecule has 7 nitrogen and oxygen atoms in total. The van der Waals surface area contributed by atoms with Gasteiger partial charge in [-0.05, 0) is 38.1 Å². The van der Waals surface area contributed by atoms with Gasteiger partial charge in [0.05, 0.1) is 36.3 Å². The fourth-order valence-corrected chi connectivity index (χ4v) is 2.71. The number of anilines is 2. The first-order valence-electron chi connectivity index (χ1n) is 8.42. The molecule has 0 saturated carbocycles. The van der Waals surface area contributed by atoms with Crippen molar-refractivity contribution in [1.29, 1.82) is 0 Å².